The third-order valence-corrected chi connectivity index (χ3v) is 6.53. The van der Waals surface area contributed by atoms with Crippen molar-refractivity contribution in [1.82, 2.24) is 9.88 Å². The summed E-state index contributed by atoms with van der Waals surface area (Å²) in [6, 6.07) is 17.1. The van der Waals surface area contributed by atoms with E-state index < -0.39 is 11.9 Å². The van der Waals surface area contributed by atoms with E-state index in [1.165, 1.54) is 11.8 Å². The van der Waals surface area contributed by atoms with Gasteiger partial charge in [0.2, 0.25) is 5.91 Å². The SMILES string of the molecule is CSc1ncccc1C(=O)N([C@@H]1CCc2ccc(Cl)cc21)[C@@H](C(N)=O)c1ccccc1. The number of pyridine rings is 1. The van der Waals surface area contributed by atoms with Crippen LogP contribution in [0.3, 0.4) is 0 Å². The number of rotatable bonds is 6. The third kappa shape index (κ3) is 4.18. The predicted molar refractivity (Wildman–Crippen MR) is 123 cm³/mol. The Bertz CT molecular complexity index is 1120. The van der Waals surface area contributed by atoms with Crippen molar-refractivity contribution in [2.75, 3.05) is 6.26 Å². The lowest BCUT2D eigenvalue weighted by molar-refractivity contribution is -0.123. The van der Waals surface area contributed by atoms with Gasteiger partial charge in [0.15, 0.2) is 0 Å². The third-order valence-electron chi connectivity index (χ3n) is 5.58. The largest absolute Gasteiger partial charge is 0.368 e. The van der Waals surface area contributed by atoms with Gasteiger partial charge >= 0.3 is 0 Å². The maximum Gasteiger partial charge on any atom is 0.258 e. The molecule has 3 aromatic rings. The maximum absolute atomic E-state index is 14.0. The average molecular weight is 452 g/mol. The molecule has 0 radical (unpaired) electrons. The molecular weight excluding hydrogens is 430 g/mol. The molecule has 1 aliphatic rings. The summed E-state index contributed by atoms with van der Waals surface area (Å²) in [6.07, 6.45) is 5.01. The van der Waals surface area contributed by atoms with Crippen molar-refractivity contribution < 1.29 is 9.59 Å². The Labute approximate surface area is 190 Å². The molecule has 0 aliphatic heterocycles. The number of halogens is 1. The van der Waals surface area contributed by atoms with Crippen LogP contribution in [0.25, 0.3) is 0 Å². The Hall–Kier alpha value is -2.83. The minimum Gasteiger partial charge on any atom is -0.368 e. The fourth-order valence-electron chi connectivity index (χ4n) is 4.23. The lowest BCUT2D eigenvalue weighted by atomic mass is 9.98. The van der Waals surface area contributed by atoms with Crippen molar-refractivity contribution in [2.45, 2.75) is 30.0 Å². The van der Waals surface area contributed by atoms with Crippen LogP contribution < -0.4 is 5.73 Å². The summed E-state index contributed by atoms with van der Waals surface area (Å²) < 4.78 is 0. The first kappa shape index (κ1) is 21.4. The molecule has 0 unspecified atom stereocenters. The van der Waals surface area contributed by atoms with E-state index >= 15 is 0 Å². The lowest BCUT2D eigenvalue weighted by Gasteiger charge is -2.36. The van der Waals surface area contributed by atoms with E-state index in [0.717, 1.165) is 17.5 Å². The van der Waals surface area contributed by atoms with Gasteiger partial charge in [-0.05, 0) is 60.1 Å². The lowest BCUT2D eigenvalue weighted by Crippen LogP contribution is -2.43. The van der Waals surface area contributed by atoms with E-state index in [-0.39, 0.29) is 11.9 Å². The van der Waals surface area contributed by atoms with E-state index in [9.17, 15) is 9.59 Å². The van der Waals surface area contributed by atoms with Gasteiger partial charge in [-0.15, -0.1) is 11.8 Å². The number of amides is 2. The Morgan fingerprint density at radius 3 is 2.65 bits per heavy atom. The Morgan fingerprint density at radius 2 is 1.94 bits per heavy atom. The number of nitrogens with two attached hydrogens (primary N) is 1. The molecule has 1 aliphatic carbocycles. The first-order chi connectivity index (χ1) is 15.0. The number of hydrogen-bond donors (Lipinski definition) is 1. The van der Waals surface area contributed by atoms with Gasteiger partial charge in [-0.2, -0.15) is 0 Å². The highest BCUT2D eigenvalue weighted by atomic mass is 35.5. The summed E-state index contributed by atoms with van der Waals surface area (Å²) in [5.74, 6) is -0.854. The first-order valence-electron chi connectivity index (χ1n) is 9.95. The average Bonchev–Trinajstić information content (AvgIpc) is 3.19. The van der Waals surface area contributed by atoms with Gasteiger partial charge < -0.3 is 10.6 Å². The molecule has 0 fully saturated rings. The number of aromatic nitrogens is 1. The van der Waals surface area contributed by atoms with Crippen molar-refractivity contribution in [3.05, 3.63) is 94.1 Å². The highest BCUT2D eigenvalue weighted by Crippen LogP contribution is 2.42. The van der Waals surface area contributed by atoms with Crippen LogP contribution >= 0.6 is 23.4 Å². The standard InChI is InChI=1S/C24H22ClN3O2S/c1-31-23-18(8-5-13-27-23)24(30)28(21(22(26)29)16-6-3-2-4-7-16)20-12-10-15-9-11-17(25)14-19(15)20/h2-9,11,13-14,20-21H,10,12H2,1H3,(H2,26,29)/t20-,21-/m1/s1. The zero-order chi connectivity index (χ0) is 22.0. The minimum atomic E-state index is -0.918. The van der Waals surface area contributed by atoms with E-state index in [1.807, 2.05) is 54.8 Å². The molecule has 2 aromatic carbocycles. The summed E-state index contributed by atoms with van der Waals surface area (Å²) >= 11 is 7.68. The van der Waals surface area contributed by atoms with Crippen LogP contribution in [-0.4, -0.2) is 28.0 Å². The van der Waals surface area contributed by atoms with E-state index in [1.54, 1.807) is 23.2 Å². The van der Waals surface area contributed by atoms with Gasteiger partial charge in [-0.25, -0.2) is 4.98 Å². The van der Waals surface area contributed by atoms with Crippen molar-refractivity contribution >= 4 is 35.2 Å². The molecule has 0 saturated heterocycles. The van der Waals surface area contributed by atoms with Crippen LogP contribution in [0.15, 0.2) is 71.9 Å². The van der Waals surface area contributed by atoms with Crippen molar-refractivity contribution in [2.24, 2.45) is 5.73 Å². The molecule has 1 aromatic heterocycles. The van der Waals surface area contributed by atoms with Crippen LogP contribution in [0.1, 0.15) is 45.6 Å². The molecule has 2 N–H and O–H groups in total. The molecule has 4 rings (SSSR count). The van der Waals surface area contributed by atoms with Crippen LogP contribution in [0.4, 0.5) is 0 Å². The molecule has 158 valence electrons. The number of thioether (sulfide) groups is 1. The van der Waals surface area contributed by atoms with Crippen LogP contribution in [0.5, 0.6) is 0 Å². The molecule has 2 atom stereocenters. The van der Waals surface area contributed by atoms with Gasteiger partial charge in [0.05, 0.1) is 11.6 Å². The van der Waals surface area contributed by atoms with Crippen LogP contribution in [-0.2, 0) is 11.2 Å². The summed E-state index contributed by atoms with van der Waals surface area (Å²) in [6.45, 7) is 0. The summed E-state index contributed by atoms with van der Waals surface area (Å²) in [7, 11) is 0. The van der Waals surface area contributed by atoms with Gasteiger partial charge in [0.25, 0.3) is 5.91 Å². The molecular formula is C24H22ClN3O2S. The first-order valence-corrected chi connectivity index (χ1v) is 11.6. The van der Waals surface area contributed by atoms with Crippen LogP contribution in [0.2, 0.25) is 5.02 Å². The Balaban J connectivity index is 1.88. The molecule has 31 heavy (non-hydrogen) atoms. The zero-order valence-electron chi connectivity index (χ0n) is 17.0. The Kier molecular flexibility index (Phi) is 6.30. The van der Waals surface area contributed by atoms with Crippen molar-refractivity contribution in [3.63, 3.8) is 0 Å². The minimum absolute atomic E-state index is 0.275. The maximum atomic E-state index is 14.0. The predicted octanol–water partition coefficient (Wildman–Crippen LogP) is 4.81. The molecule has 7 heteroatoms. The number of hydrogen-bond acceptors (Lipinski definition) is 4. The van der Waals surface area contributed by atoms with Gasteiger partial charge in [-0.1, -0.05) is 48.0 Å². The fourth-order valence-corrected chi connectivity index (χ4v) is 4.95. The van der Waals surface area contributed by atoms with Gasteiger partial charge in [-0.3, -0.25) is 9.59 Å². The number of carbonyl (C=O) groups excluding carboxylic acids is 2. The summed E-state index contributed by atoms with van der Waals surface area (Å²) in [5.41, 5.74) is 9.10. The molecule has 0 spiro atoms. The second-order valence-electron chi connectivity index (χ2n) is 7.39. The quantitative estimate of drug-likeness (QED) is 0.545. The van der Waals surface area contributed by atoms with E-state index in [2.05, 4.69) is 4.98 Å². The summed E-state index contributed by atoms with van der Waals surface area (Å²) in [5, 5.41) is 1.21. The highest BCUT2D eigenvalue weighted by molar-refractivity contribution is 7.98. The van der Waals surface area contributed by atoms with Crippen molar-refractivity contribution in [1.29, 1.82) is 0 Å². The Morgan fingerprint density at radius 1 is 1.16 bits per heavy atom. The van der Waals surface area contributed by atoms with Gasteiger partial charge in [0.1, 0.15) is 11.1 Å². The number of fused-ring (bicyclic) bond motifs is 1. The van der Waals surface area contributed by atoms with Crippen LogP contribution in [0, 0.1) is 0 Å². The van der Waals surface area contributed by atoms with Crippen molar-refractivity contribution in [3.8, 4) is 0 Å². The molecule has 2 amide bonds. The number of aryl methyl sites for hydroxylation is 1. The van der Waals surface area contributed by atoms with E-state index in [4.69, 9.17) is 17.3 Å². The molecule has 1 heterocycles. The normalized spacial score (nSPS) is 15.9. The smallest absolute Gasteiger partial charge is 0.258 e. The molecule has 0 bridgehead atoms. The highest BCUT2D eigenvalue weighted by Gasteiger charge is 2.40. The molecule has 5 nitrogen and oxygen atoms in total. The number of primary amides is 1. The zero-order valence-corrected chi connectivity index (χ0v) is 18.6. The summed E-state index contributed by atoms with van der Waals surface area (Å²) in [4.78, 5) is 32.7. The topological polar surface area (TPSA) is 76.3 Å². The fraction of sp³-hybridized carbons (Fsp3) is 0.208. The number of benzene rings is 2. The number of carbonyl (C=O) groups is 2. The second-order valence-corrected chi connectivity index (χ2v) is 8.62. The van der Waals surface area contributed by atoms with Gasteiger partial charge in [0, 0.05) is 11.2 Å². The second kappa shape index (κ2) is 9.12. The molecule has 0 saturated carbocycles. The van der Waals surface area contributed by atoms with E-state index in [0.29, 0.717) is 27.6 Å². The number of nitrogens with zero attached hydrogens (tertiary/aromatic N) is 2. The monoisotopic (exact) mass is 451 g/mol.